The first-order chi connectivity index (χ1) is 7.20. The molecule has 0 aromatic carbocycles. The Balaban J connectivity index is 2.45. The van der Waals surface area contributed by atoms with Crippen LogP contribution < -0.4 is 5.32 Å². The standard InChI is InChI=1S/C9H7ClIN3S/c1-12-8-5(11)4-13-9(14-8)6-2-3-7(10)15-6/h2-4H,1H3,(H,12,13,14). The van der Waals surface area contributed by atoms with Crippen LogP contribution in [0, 0.1) is 3.57 Å². The minimum absolute atomic E-state index is 0.705. The molecule has 2 aromatic rings. The van der Waals surface area contributed by atoms with Crippen molar-refractivity contribution in [3.8, 4) is 10.7 Å². The average Bonchev–Trinajstić information content (AvgIpc) is 2.66. The van der Waals surface area contributed by atoms with Crippen LogP contribution in [0.1, 0.15) is 0 Å². The van der Waals surface area contributed by atoms with Gasteiger partial charge in [0.2, 0.25) is 0 Å². The lowest BCUT2D eigenvalue weighted by Crippen LogP contribution is -1.98. The quantitative estimate of drug-likeness (QED) is 0.842. The number of hydrogen-bond acceptors (Lipinski definition) is 4. The zero-order chi connectivity index (χ0) is 10.8. The van der Waals surface area contributed by atoms with Crippen molar-refractivity contribution in [1.29, 1.82) is 0 Å². The Labute approximate surface area is 110 Å². The highest BCUT2D eigenvalue weighted by Crippen LogP contribution is 2.29. The zero-order valence-electron chi connectivity index (χ0n) is 7.79. The van der Waals surface area contributed by atoms with Gasteiger partial charge in [0.15, 0.2) is 5.82 Å². The molecular weight excluding hydrogens is 345 g/mol. The summed E-state index contributed by atoms with van der Waals surface area (Å²) in [7, 11) is 1.84. The molecule has 78 valence electrons. The number of halogens is 2. The van der Waals surface area contributed by atoms with Gasteiger partial charge in [0.05, 0.1) is 12.8 Å². The van der Waals surface area contributed by atoms with Crippen molar-refractivity contribution in [3.05, 3.63) is 26.2 Å². The molecule has 2 heterocycles. The van der Waals surface area contributed by atoms with E-state index in [1.54, 1.807) is 6.20 Å². The van der Waals surface area contributed by atoms with Gasteiger partial charge in [0.25, 0.3) is 0 Å². The van der Waals surface area contributed by atoms with Crippen LogP contribution in [-0.2, 0) is 0 Å². The molecule has 0 fully saturated rings. The van der Waals surface area contributed by atoms with Crippen LogP contribution in [0.4, 0.5) is 5.82 Å². The first-order valence-electron chi connectivity index (χ1n) is 4.16. The van der Waals surface area contributed by atoms with Crippen LogP contribution in [0.15, 0.2) is 18.3 Å². The second kappa shape index (κ2) is 4.63. The van der Waals surface area contributed by atoms with Gasteiger partial charge < -0.3 is 5.32 Å². The Kier molecular flexibility index (Phi) is 3.42. The molecule has 0 radical (unpaired) electrons. The number of nitrogens with zero attached hydrogens (tertiary/aromatic N) is 2. The Hall–Kier alpha value is -0.400. The SMILES string of the molecule is CNc1nc(-c2ccc(Cl)s2)ncc1I. The van der Waals surface area contributed by atoms with Crippen molar-refractivity contribution in [3.63, 3.8) is 0 Å². The van der Waals surface area contributed by atoms with Crippen LogP contribution in [-0.4, -0.2) is 17.0 Å². The van der Waals surface area contributed by atoms with E-state index in [2.05, 4.69) is 37.9 Å². The number of thiophene rings is 1. The van der Waals surface area contributed by atoms with Gasteiger partial charge in [-0.1, -0.05) is 11.6 Å². The number of anilines is 1. The lowest BCUT2D eigenvalue weighted by molar-refractivity contribution is 1.16. The smallest absolute Gasteiger partial charge is 0.171 e. The molecule has 6 heteroatoms. The van der Waals surface area contributed by atoms with Gasteiger partial charge in [-0.05, 0) is 34.7 Å². The fraction of sp³-hybridized carbons (Fsp3) is 0.111. The van der Waals surface area contributed by atoms with Crippen molar-refractivity contribution in [2.75, 3.05) is 12.4 Å². The van der Waals surface area contributed by atoms with Crippen molar-refractivity contribution < 1.29 is 0 Å². The fourth-order valence-corrected chi connectivity index (χ4v) is 2.61. The Morgan fingerprint density at radius 3 is 2.87 bits per heavy atom. The van der Waals surface area contributed by atoms with E-state index in [4.69, 9.17) is 11.6 Å². The van der Waals surface area contributed by atoms with Gasteiger partial charge in [0.1, 0.15) is 5.82 Å². The summed E-state index contributed by atoms with van der Waals surface area (Å²) in [5, 5.41) is 3.03. The maximum Gasteiger partial charge on any atom is 0.171 e. The summed E-state index contributed by atoms with van der Waals surface area (Å²) in [6.07, 6.45) is 1.79. The van der Waals surface area contributed by atoms with Crippen molar-refractivity contribution in [1.82, 2.24) is 9.97 Å². The molecule has 1 N–H and O–H groups in total. The van der Waals surface area contributed by atoms with Crippen LogP contribution in [0.5, 0.6) is 0 Å². The van der Waals surface area contributed by atoms with Crippen molar-refractivity contribution in [2.24, 2.45) is 0 Å². The van der Waals surface area contributed by atoms with E-state index in [0.29, 0.717) is 5.82 Å². The number of hydrogen-bond donors (Lipinski definition) is 1. The van der Waals surface area contributed by atoms with E-state index >= 15 is 0 Å². The molecule has 0 atom stereocenters. The maximum atomic E-state index is 5.86. The molecule has 0 saturated carbocycles. The number of nitrogens with one attached hydrogen (secondary N) is 1. The minimum Gasteiger partial charge on any atom is -0.372 e. The fourth-order valence-electron chi connectivity index (χ4n) is 1.10. The lowest BCUT2D eigenvalue weighted by Gasteiger charge is -2.03. The predicted molar refractivity (Wildman–Crippen MR) is 72.6 cm³/mol. The summed E-state index contributed by atoms with van der Waals surface area (Å²) in [4.78, 5) is 9.64. The summed E-state index contributed by atoms with van der Waals surface area (Å²) >= 11 is 9.53. The summed E-state index contributed by atoms with van der Waals surface area (Å²) in [6.45, 7) is 0. The Morgan fingerprint density at radius 1 is 1.47 bits per heavy atom. The van der Waals surface area contributed by atoms with Crippen LogP contribution in [0.3, 0.4) is 0 Å². The number of rotatable bonds is 2. The molecule has 0 amide bonds. The van der Waals surface area contributed by atoms with E-state index in [-0.39, 0.29) is 0 Å². The summed E-state index contributed by atoms with van der Waals surface area (Å²) in [5.41, 5.74) is 0. The van der Waals surface area contributed by atoms with E-state index in [1.807, 2.05) is 19.2 Å². The monoisotopic (exact) mass is 351 g/mol. The Bertz CT molecular complexity index is 486. The van der Waals surface area contributed by atoms with Gasteiger partial charge in [-0.15, -0.1) is 11.3 Å². The largest absolute Gasteiger partial charge is 0.372 e. The van der Waals surface area contributed by atoms with E-state index in [0.717, 1.165) is 18.6 Å². The first kappa shape index (κ1) is 11.1. The van der Waals surface area contributed by atoms with E-state index in [1.165, 1.54) is 11.3 Å². The zero-order valence-corrected chi connectivity index (χ0v) is 11.5. The van der Waals surface area contributed by atoms with Gasteiger partial charge in [-0.25, -0.2) is 9.97 Å². The third kappa shape index (κ3) is 2.40. The van der Waals surface area contributed by atoms with Gasteiger partial charge >= 0.3 is 0 Å². The van der Waals surface area contributed by atoms with Crippen LogP contribution >= 0.6 is 45.5 Å². The summed E-state index contributed by atoms with van der Waals surface area (Å²) in [5.74, 6) is 1.54. The normalized spacial score (nSPS) is 10.3. The summed E-state index contributed by atoms with van der Waals surface area (Å²) < 4.78 is 1.75. The van der Waals surface area contributed by atoms with E-state index in [9.17, 15) is 0 Å². The van der Waals surface area contributed by atoms with Gasteiger partial charge in [-0.2, -0.15) is 0 Å². The van der Waals surface area contributed by atoms with Gasteiger partial charge in [-0.3, -0.25) is 0 Å². The molecule has 0 saturated heterocycles. The van der Waals surface area contributed by atoms with Crippen LogP contribution in [0.2, 0.25) is 4.34 Å². The van der Waals surface area contributed by atoms with Gasteiger partial charge in [0, 0.05) is 13.2 Å². The molecule has 2 rings (SSSR count). The maximum absolute atomic E-state index is 5.86. The lowest BCUT2D eigenvalue weighted by atomic mass is 10.4. The second-order valence-corrected chi connectivity index (χ2v) is 5.62. The topological polar surface area (TPSA) is 37.8 Å². The Morgan fingerprint density at radius 2 is 2.27 bits per heavy atom. The highest BCUT2D eigenvalue weighted by molar-refractivity contribution is 14.1. The molecule has 3 nitrogen and oxygen atoms in total. The molecule has 15 heavy (non-hydrogen) atoms. The highest BCUT2D eigenvalue weighted by Gasteiger charge is 2.07. The molecule has 0 unspecified atom stereocenters. The molecule has 0 spiro atoms. The van der Waals surface area contributed by atoms with Crippen LogP contribution in [0.25, 0.3) is 10.7 Å². The van der Waals surface area contributed by atoms with Crippen molar-refractivity contribution in [2.45, 2.75) is 0 Å². The average molecular weight is 352 g/mol. The molecular formula is C9H7ClIN3S. The minimum atomic E-state index is 0.705. The summed E-state index contributed by atoms with van der Waals surface area (Å²) in [6, 6.07) is 3.77. The molecule has 0 aliphatic carbocycles. The third-order valence-corrected chi connectivity index (χ3v) is 3.79. The van der Waals surface area contributed by atoms with Crippen molar-refractivity contribution >= 4 is 51.3 Å². The highest BCUT2D eigenvalue weighted by atomic mass is 127. The second-order valence-electron chi connectivity index (χ2n) is 2.74. The predicted octanol–water partition coefficient (Wildman–Crippen LogP) is 3.50. The molecule has 0 bridgehead atoms. The first-order valence-corrected chi connectivity index (χ1v) is 6.44. The number of aromatic nitrogens is 2. The molecule has 2 aromatic heterocycles. The molecule has 0 aliphatic rings. The molecule has 0 aliphatic heterocycles. The van der Waals surface area contributed by atoms with E-state index < -0.39 is 0 Å². The third-order valence-electron chi connectivity index (χ3n) is 1.77.